The molecule has 0 aromatic carbocycles. The van der Waals surface area contributed by atoms with E-state index in [0.717, 1.165) is 42.6 Å². The van der Waals surface area contributed by atoms with E-state index in [1.165, 1.54) is 44.1 Å². The van der Waals surface area contributed by atoms with Crippen molar-refractivity contribution >= 4 is 5.82 Å². The number of nitrogens with one attached hydrogen (secondary N) is 1. The largest absolute Gasteiger partial charge is 0.383 e. The van der Waals surface area contributed by atoms with Crippen LogP contribution < -0.4 is 5.73 Å². The molecule has 1 aliphatic carbocycles. The standard InChI is InChI=1S/C20H26N4/c21-14-16-19(18-12-9-13-23-18)15-10-7-5-3-1-2-4-6-8-11-17(15)24-20(16)22/h9,12-13,23H,1-8,10-11H2,(H2,22,24). The number of H-pyrrole nitrogens is 1. The molecule has 126 valence electrons. The van der Waals surface area contributed by atoms with Gasteiger partial charge in [0.15, 0.2) is 0 Å². The molecule has 4 nitrogen and oxygen atoms in total. The minimum absolute atomic E-state index is 0.368. The van der Waals surface area contributed by atoms with Crippen LogP contribution in [0.3, 0.4) is 0 Å². The molecule has 0 radical (unpaired) electrons. The van der Waals surface area contributed by atoms with Gasteiger partial charge in [-0.3, -0.25) is 0 Å². The summed E-state index contributed by atoms with van der Waals surface area (Å²) in [6.45, 7) is 0. The van der Waals surface area contributed by atoms with Crippen molar-refractivity contribution in [1.29, 1.82) is 5.26 Å². The summed E-state index contributed by atoms with van der Waals surface area (Å²) in [6, 6.07) is 6.27. The van der Waals surface area contributed by atoms with Crippen LogP contribution in [-0.2, 0) is 12.8 Å². The Labute approximate surface area is 144 Å². The first-order valence-corrected chi connectivity index (χ1v) is 9.16. The molecular formula is C20H26N4. The highest BCUT2D eigenvalue weighted by molar-refractivity contribution is 5.77. The summed E-state index contributed by atoms with van der Waals surface area (Å²) in [7, 11) is 0. The van der Waals surface area contributed by atoms with Crippen molar-refractivity contribution in [3.63, 3.8) is 0 Å². The van der Waals surface area contributed by atoms with Crippen molar-refractivity contribution in [3.05, 3.63) is 35.2 Å². The van der Waals surface area contributed by atoms with E-state index in [2.05, 4.69) is 16.0 Å². The van der Waals surface area contributed by atoms with Gasteiger partial charge in [0.25, 0.3) is 0 Å². The average Bonchev–Trinajstić information content (AvgIpc) is 3.09. The zero-order chi connectivity index (χ0) is 16.8. The maximum absolute atomic E-state index is 9.62. The lowest BCUT2D eigenvalue weighted by Crippen LogP contribution is -2.09. The van der Waals surface area contributed by atoms with E-state index in [1.54, 1.807) is 0 Å². The summed E-state index contributed by atoms with van der Waals surface area (Å²) in [5.74, 6) is 0.368. The number of rotatable bonds is 1. The van der Waals surface area contributed by atoms with E-state index in [1.807, 2.05) is 18.3 Å². The Morgan fingerprint density at radius 3 is 2.29 bits per heavy atom. The zero-order valence-corrected chi connectivity index (χ0v) is 14.3. The molecule has 2 aromatic heterocycles. The van der Waals surface area contributed by atoms with E-state index < -0.39 is 0 Å². The third kappa shape index (κ3) is 3.62. The number of anilines is 1. The fraction of sp³-hybridized carbons (Fsp3) is 0.500. The molecule has 0 atom stereocenters. The van der Waals surface area contributed by atoms with Gasteiger partial charge in [0.1, 0.15) is 17.5 Å². The molecule has 0 fully saturated rings. The van der Waals surface area contributed by atoms with E-state index in [0.29, 0.717) is 11.4 Å². The number of fused-ring (bicyclic) bond motifs is 1. The van der Waals surface area contributed by atoms with Gasteiger partial charge < -0.3 is 10.7 Å². The lowest BCUT2D eigenvalue weighted by atomic mass is 9.91. The maximum atomic E-state index is 9.62. The van der Waals surface area contributed by atoms with Gasteiger partial charge in [-0.1, -0.05) is 38.5 Å². The van der Waals surface area contributed by atoms with Gasteiger partial charge in [-0.05, 0) is 43.4 Å². The molecule has 2 aromatic rings. The van der Waals surface area contributed by atoms with E-state index in [-0.39, 0.29) is 0 Å². The molecule has 4 heteroatoms. The van der Waals surface area contributed by atoms with Crippen molar-refractivity contribution in [2.24, 2.45) is 0 Å². The van der Waals surface area contributed by atoms with Gasteiger partial charge in [0, 0.05) is 23.1 Å². The molecule has 24 heavy (non-hydrogen) atoms. The van der Waals surface area contributed by atoms with E-state index in [4.69, 9.17) is 5.73 Å². The number of hydrogen-bond donors (Lipinski definition) is 2. The Kier molecular flexibility index (Phi) is 5.53. The van der Waals surface area contributed by atoms with Crippen LogP contribution in [-0.4, -0.2) is 9.97 Å². The Bertz CT molecular complexity index is 710. The summed E-state index contributed by atoms with van der Waals surface area (Å²) in [4.78, 5) is 7.88. The minimum Gasteiger partial charge on any atom is -0.383 e. The predicted molar refractivity (Wildman–Crippen MR) is 97.5 cm³/mol. The first-order valence-electron chi connectivity index (χ1n) is 9.16. The van der Waals surface area contributed by atoms with Crippen molar-refractivity contribution in [1.82, 2.24) is 9.97 Å². The third-order valence-electron chi connectivity index (χ3n) is 4.98. The number of aryl methyl sites for hydroxylation is 1. The molecule has 3 N–H and O–H groups in total. The molecule has 0 saturated heterocycles. The highest BCUT2D eigenvalue weighted by Gasteiger charge is 2.20. The Balaban J connectivity index is 2.07. The summed E-state index contributed by atoms with van der Waals surface area (Å²) < 4.78 is 0. The molecule has 0 saturated carbocycles. The van der Waals surface area contributed by atoms with Crippen LogP contribution in [0.2, 0.25) is 0 Å². The molecule has 3 rings (SSSR count). The summed E-state index contributed by atoms with van der Waals surface area (Å²) >= 11 is 0. The monoisotopic (exact) mass is 322 g/mol. The van der Waals surface area contributed by atoms with Crippen LogP contribution in [0.25, 0.3) is 11.3 Å². The van der Waals surface area contributed by atoms with Crippen LogP contribution >= 0.6 is 0 Å². The number of hydrogen-bond acceptors (Lipinski definition) is 3. The lowest BCUT2D eigenvalue weighted by Gasteiger charge is -2.17. The molecule has 0 amide bonds. The lowest BCUT2D eigenvalue weighted by molar-refractivity contribution is 0.557. The van der Waals surface area contributed by atoms with Gasteiger partial charge in [0.2, 0.25) is 0 Å². The Morgan fingerprint density at radius 1 is 1.00 bits per heavy atom. The number of nitrogens with two attached hydrogens (primary N) is 1. The van der Waals surface area contributed by atoms with Crippen molar-refractivity contribution in [3.8, 4) is 17.3 Å². The van der Waals surface area contributed by atoms with Gasteiger partial charge in [-0.15, -0.1) is 0 Å². The number of nitrogens with zero attached hydrogens (tertiary/aromatic N) is 2. The van der Waals surface area contributed by atoms with E-state index in [9.17, 15) is 5.26 Å². The van der Waals surface area contributed by atoms with Gasteiger partial charge in [-0.2, -0.15) is 5.26 Å². The number of aromatic nitrogens is 2. The Hall–Kier alpha value is -2.28. The van der Waals surface area contributed by atoms with Crippen LogP contribution in [0.1, 0.15) is 68.2 Å². The SMILES string of the molecule is N#Cc1c(N)nc2c(c1-c1ccc[nH]1)CCCCCCCCCC2. The normalized spacial score (nSPS) is 16.5. The van der Waals surface area contributed by atoms with Gasteiger partial charge in [0.05, 0.1) is 0 Å². The molecule has 0 aliphatic heterocycles. The average molecular weight is 322 g/mol. The second-order valence-corrected chi connectivity index (χ2v) is 6.70. The molecule has 0 unspecified atom stereocenters. The molecule has 1 aliphatic rings. The van der Waals surface area contributed by atoms with Crippen molar-refractivity contribution < 1.29 is 0 Å². The maximum Gasteiger partial charge on any atom is 0.142 e. The first-order chi connectivity index (χ1) is 11.8. The number of pyridine rings is 1. The van der Waals surface area contributed by atoms with E-state index >= 15 is 0 Å². The molecule has 0 bridgehead atoms. The van der Waals surface area contributed by atoms with Crippen LogP contribution in [0.4, 0.5) is 5.82 Å². The van der Waals surface area contributed by atoms with Crippen LogP contribution in [0.15, 0.2) is 18.3 Å². The van der Waals surface area contributed by atoms with Crippen LogP contribution in [0, 0.1) is 11.3 Å². The van der Waals surface area contributed by atoms with Crippen LogP contribution in [0.5, 0.6) is 0 Å². The number of nitrogen functional groups attached to an aromatic ring is 1. The topological polar surface area (TPSA) is 78.5 Å². The smallest absolute Gasteiger partial charge is 0.142 e. The fourth-order valence-corrected chi connectivity index (χ4v) is 3.72. The third-order valence-corrected chi connectivity index (χ3v) is 4.98. The second-order valence-electron chi connectivity index (χ2n) is 6.70. The fourth-order valence-electron chi connectivity index (χ4n) is 3.72. The number of nitriles is 1. The summed E-state index contributed by atoms with van der Waals surface area (Å²) in [6.07, 6.45) is 13.9. The zero-order valence-electron chi connectivity index (χ0n) is 14.3. The number of aromatic amines is 1. The Morgan fingerprint density at radius 2 is 1.67 bits per heavy atom. The highest BCUT2D eigenvalue weighted by atomic mass is 14.9. The van der Waals surface area contributed by atoms with Crippen molar-refractivity contribution in [2.45, 2.75) is 64.2 Å². The summed E-state index contributed by atoms with van der Waals surface area (Å²) in [5.41, 5.74) is 10.9. The first kappa shape index (κ1) is 16.6. The highest BCUT2D eigenvalue weighted by Crippen LogP contribution is 2.33. The molecule has 0 spiro atoms. The predicted octanol–water partition coefficient (Wildman–Crippen LogP) is 4.75. The van der Waals surface area contributed by atoms with Gasteiger partial charge >= 0.3 is 0 Å². The second kappa shape index (κ2) is 8.01. The van der Waals surface area contributed by atoms with Gasteiger partial charge in [-0.25, -0.2) is 4.98 Å². The quantitative estimate of drug-likeness (QED) is 0.795. The summed E-state index contributed by atoms with van der Waals surface area (Å²) in [5, 5.41) is 9.62. The molecular weight excluding hydrogens is 296 g/mol. The van der Waals surface area contributed by atoms with Crippen molar-refractivity contribution in [2.75, 3.05) is 5.73 Å². The molecule has 2 heterocycles. The minimum atomic E-state index is 0.368.